The van der Waals surface area contributed by atoms with Crippen molar-refractivity contribution in [2.75, 3.05) is 0 Å². The van der Waals surface area contributed by atoms with Crippen LogP contribution in [-0.2, 0) is 0 Å². The summed E-state index contributed by atoms with van der Waals surface area (Å²) in [7, 11) is 0. The lowest BCUT2D eigenvalue weighted by Gasteiger charge is -2.08. The van der Waals surface area contributed by atoms with Crippen molar-refractivity contribution in [1.82, 2.24) is 9.97 Å². The minimum atomic E-state index is 0.406. The van der Waals surface area contributed by atoms with Gasteiger partial charge in [0.05, 0.1) is 11.4 Å². The fraction of sp³-hybridized carbons (Fsp3) is 0.444. The zero-order chi connectivity index (χ0) is 8.27. The van der Waals surface area contributed by atoms with Crippen LogP contribution in [-0.4, -0.2) is 9.97 Å². The van der Waals surface area contributed by atoms with Crippen LogP contribution in [0.2, 0.25) is 0 Å². The summed E-state index contributed by atoms with van der Waals surface area (Å²) in [4.78, 5) is 8.42. The molecular weight excluding hydrogens is 136 g/mol. The van der Waals surface area contributed by atoms with Gasteiger partial charge in [-0.3, -0.25) is 9.97 Å². The molecule has 0 aliphatic heterocycles. The highest BCUT2D eigenvalue weighted by Crippen LogP contribution is 2.16. The molecule has 0 aliphatic carbocycles. The number of nitrogens with zero attached hydrogens (tertiary/aromatic N) is 2. The van der Waals surface area contributed by atoms with E-state index in [2.05, 4.69) is 23.3 Å². The third-order valence-corrected chi connectivity index (χ3v) is 1.85. The SMILES string of the molecule is C[CH]C(C)c1nccnc1C. The van der Waals surface area contributed by atoms with E-state index in [0.717, 1.165) is 11.4 Å². The number of hydrogen-bond donors (Lipinski definition) is 0. The highest BCUT2D eigenvalue weighted by Gasteiger charge is 2.07. The maximum absolute atomic E-state index is 4.26. The van der Waals surface area contributed by atoms with Gasteiger partial charge in [-0.15, -0.1) is 0 Å². The van der Waals surface area contributed by atoms with Crippen LogP contribution < -0.4 is 0 Å². The van der Waals surface area contributed by atoms with Crippen LogP contribution in [0.25, 0.3) is 0 Å². The Morgan fingerprint density at radius 3 is 2.55 bits per heavy atom. The monoisotopic (exact) mass is 149 g/mol. The van der Waals surface area contributed by atoms with Gasteiger partial charge < -0.3 is 0 Å². The first kappa shape index (κ1) is 8.18. The lowest BCUT2D eigenvalue weighted by molar-refractivity contribution is 0.813. The molecule has 2 heteroatoms. The van der Waals surface area contributed by atoms with Gasteiger partial charge in [0.2, 0.25) is 0 Å². The number of aryl methyl sites for hydroxylation is 1. The summed E-state index contributed by atoms with van der Waals surface area (Å²) in [5, 5.41) is 0. The Kier molecular flexibility index (Phi) is 2.58. The summed E-state index contributed by atoms with van der Waals surface area (Å²) in [6.45, 7) is 6.15. The van der Waals surface area contributed by atoms with Crippen molar-refractivity contribution in [2.24, 2.45) is 0 Å². The van der Waals surface area contributed by atoms with E-state index >= 15 is 0 Å². The average Bonchev–Trinajstić information content (AvgIpc) is 2.04. The van der Waals surface area contributed by atoms with Crippen molar-refractivity contribution < 1.29 is 0 Å². The molecule has 0 aromatic carbocycles. The Morgan fingerprint density at radius 1 is 1.36 bits per heavy atom. The van der Waals surface area contributed by atoms with Crippen molar-refractivity contribution in [1.29, 1.82) is 0 Å². The molecule has 11 heavy (non-hydrogen) atoms. The Labute approximate surface area is 67.7 Å². The largest absolute Gasteiger partial charge is 0.258 e. The van der Waals surface area contributed by atoms with Crippen LogP contribution >= 0.6 is 0 Å². The summed E-state index contributed by atoms with van der Waals surface area (Å²) in [6, 6.07) is 0. The van der Waals surface area contributed by atoms with E-state index in [0.29, 0.717) is 5.92 Å². The molecule has 1 aromatic heterocycles. The van der Waals surface area contributed by atoms with E-state index in [-0.39, 0.29) is 0 Å². The molecule has 2 nitrogen and oxygen atoms in total. The second kappa shape index (κ2) is 3.46. The average molecular weight is 149 g/mol. The summed E-state index contributed by atoms with van der Waals surface area (Å²) in [5.41, 5.74) is 2.10. The van der Waals surface area contributed by atoms with E-state index in [1.807, 2.05) is 13.8 Å². The number of aromatic nitrogens is 2. The summed E-state index contributed by atoms with van der Waals surface area (Å²) in [6.07, 6.45) is 5.58. The van der Waals surface area contributed by atoms with Crippen LogP contribution in [0.1, 0.15) is 31.2 Å². The molecule has 0 fully saturated rings. The predicted octanol–water partition coefficient (Wildman–Crippen LogP) is 2.11. The molecule has 1 atom stereocenters. The lowest BCUT2D eigenvalue weighted by atomic mass is 10.0. The minimum Gasteiger partial charge on any atom is -0.258 e. The summed E-state index contributed by atoms with van der Waals surface area (Å²) < 4.78 is 0. The zero-order valence-electron chi connectivity index (χ0n) is 7.20. The molecule has 0 N–H and O–H groups in total. The van der Waals surface area contributed by atoms with Gasteiger partial charge >= 0.3 is 0 Å². The molecule has 0 saturated heterocycles. The standard InChI is InChI=1S/C9H13N2/c1-4-7(2)9-8(3)10-5-6-11-9/h4-7H,1-3H3. The Bertz CT molecular complexity index is 233. The predicted molar refractivity (Wildman–Crippen MR) is 45.2 cm³/mol. The van der Waals surface area contributed by atoms with Gasteiger partial charge in [0, 0.05) is 18.3 Å². The molecular formula is C9H13N2. The van der Waals surface area contributed by atoms with Crippen LogP contribution in [0.5, 0.6) is 0 Å². The molecule has 59 valence electrons. The van der Waals surface area contributed by atoms with Gasteiger partial charge in [-0.05, 0) is 13.3 Å². The topological polar surface area (TPSA) is 25.8 Å². The molecule has 1 radical (unpaired) electrons. The molecule has 1 unspecified atom stereocenters. The van der Waals surface area contributed by atoms with Gasteiger partial charge in [0.1, 0.15) is 0 Å². The fourth-order valence-corrected chi connectivity index (χ4v) is 1.02. The Balaban J connectivity index is 2.93. The molecule has 0 bridgehead atoms. The van der Waals surface area contributed by atoms with Crippen LogP contribution in [0.4, 0.5) is 0 Å². The highest BCUT2D eigenvalue weighted by molar-refractivity contribution is 5.15. The van der Waals surface area contributed by atoms with Gasteiger partial charge in [0.15, 0.2) is 0 Å². The minimum absolute atomic E-state index is 0.406. The van der Waals surface area contributed by atoms with Crippen LogP contribution in [0, 0.1) is 13.3 Å². The zero-order valence-corrected chi connectivity index (χ0v) is 7.20. The smallest absolute Gasteiger partial charge is 0.0646 e. The van der Waals surface area contributed by atoms with Crippen LogP contribution in [0.15, 0.2) is 12.4 Å². The number of rotatable bonds is 2. The quantitative estimate of drug-likeness (QED) is 0.643. The Hall–Kier alpha value is -0.920. The molecule has 0 saturated carbocycles. The first-order chi connectivity index (χ1) is 5.25. The van der Waals surface area contributed by atoms with Crippen LogP contribution in [0.3, 0.4) is 0 Å². The van der Waals surface area contributed by atoms with Crippen molar-refractivity contribution in [3.63, 3.8) is 0 Å². The fourth-order valence-electron chi connectivity index (χ4n) is 1.02. The normalized spacial score (nSPS) is 13.0. The summed E-state index contributed by atoms with van der Waals surface area (Å²) >= 11 is 0. The molecule has 1 rings (SSSR count). The third kappa shape index (κ3) is 1.76. The Morgan fingerprint density at radius 2 is 2.00 bits per heavy atom. The van der Waals surface area contributed by atoms with E-state index in [1.54, 1.807) is 12.4 Å². The van der Waals surface area contributed by atoms with Crippen molar-refractivity contribution in [3.8, 4) is 0 Å². The van der Waals surface area contributed by atoms with Gasteiger partial charge in [-0.2, -0.15) is 0 Å². The maximum atomic E-state index is 4.26. The second-order valence-electron chi connectivity index (χ2n) is 2.65. The van der Waals surface area contributed by atoms with Crippen molar-refractivity contribution in [3.05, 3.63) is 30.2 Å². The van der Waals surface area contributed by atoms with Crippen molar-refractivity contribution in [2.45, 2.75) is 26.7 Å². The number of hydrogen-bond acceptors (Lipinski definition) is 2. The second-order valence-corrected chi connectivity index (χ2v) is 2.65. The van der Waals surface area contributed by atoms with E-state index < -0.39 is 0 Å². The first-order valence-corrected chi connectivity index (χ1v) is 3.82. The molecule has 1 heterocycles. The molecule has 0 aliphatic rings. The molecule has 0 spiro atoms. The third-order valence-electron chi connectivity index (χ3n) is 1.85. The van der Waals surface area contributed by atoms with Gasteiger partial charge in [0.25, 0.3) is 0 Å². The van der Waals surface area contributed by atoms with Gasteiger partial charge in [-0.1, -0.05) is 13.8 Å². The van der Waals surface area contributed by atoms with E-state index in [4.69, 9.17) is 0 Å². The van der Waals surface area contributed by atoms with Gasteiger partial charge in [-0.25, -0.2) is 0 Å². The van der Waals surface area contributed by atoms with Crippen molar-refractivity contribution >= 4 is 0 Å². The van der Waals surface area contributed by atoms with E-state index in [9.17, 15) is 0 Å². The first-order valence-electron chi connectivity index (χ1n) is 3.82. The molecule has 0 amide bonds. The lowest BCUT2D eigenvalue weighted by Crippen LogP contribution is -2.00. The molecule has 1 aromatic rings. The highest BCUT2D eigenvalue weighted by atomic mass is 14.8. The maximum Gasteiger partial charge on any atom is 0.0646 e. The van der Waals surface area contributed by atoms with E-state index in [1.165, 1.54) is 0 Å². The summed E-state index contributed by atoms with van der Waals surface area (Å²) in [5.74, 6) is 0.406.